The third-order valence-corrected chi connectivity index (χ3v) is 4.26. The van der Waals surface area contributed by atoms with E-state index in [0.29, 0.717) is 5.92 Å². The molecular formula is C7H17IN2O2S. The molecular weight excluding hydrogens is 303 g/mol. The maximum atomic E-state index is 11.4. The van der Waals surface area contributed by atoms with Gasteiger partial charge in [0.2, 0.25) is 0 Å². The predicted octanol–water partition coefficient (Wildman–Crippen LogP) is 0.842. The van der Waals surface area contributed by atoms with E-state index >= 15 is 0 Å². The number of alkyl halides is 1. The molecule has 0 saturated carbocycles. The second-order valence-electron chi connectivity index (χ2n) is 3.41. The van der Waals surface area contributed by atoms with E-state index in [1.165, 1.54) is 18.4 Å². The molecule has 0 spiro atoms. The lowest BCUT2D eigenvalue weighted by Crippen LogP contribution is -2.45. The van der Waals surface area contributed by atoms with E-state index in [-0.39, 0.29) is 6.04 Å². The molecule has 0 amide bonds. The standard InChI is InChI=1S/C7H17IN2O2S/c1-6(2)7(5-8)9-13(11,12)10(3)4/h6-7,9H,5H2,1-4H3. The van der Waals surface area contributed by atoms with Gasteiger partial charge < -0.3 is 0 Å². The molecule has 0 heterocycles. The molecule has 0 bridgehead atoms. The summed E-state index contributed by atoms with van der Waals surface area (Å²) >= 11 is 2.18. The quantitative estimate of drug-likeness (QED) is 0.603. The van der Waals surface area contributed by atoms with Gasteiger partial charge in [-0.05, 0) is 5.92 Å². The third-order valence-electron chi connectivity index (χ3n) is 1.75. The van der Waals surface area contributed by atoms with Gasteiger partial charge in [0.15, 0.2) is 0 Å². The van der Waals surface area contributed by atoms with Crippen molar-refractivity contribution in [3.63, 3.8) is 0 Å². The van der Waals surface area contributed by atoms with Gasteiger partial charge in [0, 0.05) is 24.6 Å². The van der Waals surface area contributed by atoms with Crippen LogP contribution < -0.4 is 4.72 Å². The van der Waals surface area contributed by atoms with Gasteiger partial charge in [0.05, 0.1) is 0 Å². The lowest BCUT2D eigenvalue weighted by molar-refractivity contribution is 0.453. The van der Waals surface area contributed by atoms with Crippen LogP contribution in [0.2, 0.25) is 0 Å². The van der Waals surface area contributed by atoms with E-state index < -0.39 is 10.2 Å². The van der Waals surface area contributed by atoms with Crippen molar-refractivity contribution in [2.75, 3.05) is 18.5 Å². The average Bonchev–Trinajstić information content (AvgIpc) is 1.99. The van der Waals surface area contributed by atoms with Crippen LogP contribution in [0, 0.1) is 5.92 Å². The summed E-state index contributed by atoms with van der Waals surface area (Å²) in [6, 6.07) is 0.00741. The van der Waals surface area contributed by atoms with Gasteiger partial charge in [0.25, 0.3) is 10.2 Å². The van der Waals surface area contributed by atoms with Gasteiger partial charge in [-0.2, -0.15) is 17.4 Å². The van der Waals surface area contributed by atoms with Crippen molar-refractivity contribution in [2.24, 2.45) is 5.92 Å². The molecule has 0 aliphatic carbocycles. The zero-order valence-corrected chi connectivity index (χ0v) is 11.4. The van der Waals surface area contributed by atoms with Crippen LogP contribution in [0.15, 0.2) is 0 Å². The zero-order valence-electron chi connectivity index (χ0n) is 8.41. The van der Waals surface area contributed by atoms with Crippen molar-refractivity contribution in [1.82, 2.24) is 9.03 Å². The summed E-state index contributed by atoms with van der Waals surface area (Å²) in [6.45, 7) is 4.00. The number of rotatable bonds is 5. The smallest absolute Gasteiger partial charge is 0.198 e. The van der Waals surface area contributed by atoms with Crippen LogP contribution in [0.4, 0.5) is 0 Å². The largest absolute Gasteiger partial charge is 0.279 e. The number of hydrogen-bond donors (Lipinski definition) is 1. The summed E-state index contributed by atoms with van der Waals surface area (Å²) in [6.07, 6.45) is 0. The van der Waals surface area contributed by atoms with Gasteiger partial charge in [-0.25, -0.2) is 0 Å². The van der Waals surface area contributed by atoms with E-state index in [0.717, 1.165) is 4.43 Å². The predicted molar refractivity (Wildman–Crippen MR) is 63.3 cm³/mol. The molecule has 1 atom stereocenters. The molecule has 6 heteroatoms. The minimum atomic E-state index is -3.28. The van der Waals surface area contributed by atoms with Crippen molar-refractivity contribution < 1.29 is 8.42 Å². The Bertz CT molecular complexity index is 239. The Kier molecular flexibility index (Phi) is 5.73. The van der Waals surface area contributed by atoms with Crippen LogP contribution in [0.5, 0.6) is 0 Å². The van der Waals surface area contributed by atoms with Crippen molar-refractivity contribution in [3.05, 3.63) is 0 Å². The van der Waals surface area contributed by atoms with Gasteiger partial charge in [-0.15, -0.1) is 0 Å². The topological polar surface area (TPSA) is 49.4 Å². The van der Waals surface area contributed by atoms with Gasteiger partial charge in [-0.3, -0.25) is 0 Å². The van der Waals surface area contributed by atoms with Crippen LogP contribution in [0.25, 0.3) is 0 Å². The van der Waals surface area contributed by atoms with Gasteiger partial charge in [0.1, 0.15) is 0 Å². The molecule has 1 N–H and O–H groups in total. The molecule has 0 fully saturated rings. The zero-order chi connectivity index (χ0) is 10.6. The lowest BCUT2D eigenvalue weighted by Gasteiger charge is -2.22. The van der Waals surface area contributed by atoms with Crippen molar-refractivity contribution >= 4 is 32.8 Å². The van der Waals surface area contributed by atoms with Crippen LogP contribution in [0.1, 0.15) is 13.8 Å². The first-order valence-corrected chi connectivity index (χ1v) is 7.03. The summed E-state index contributed by atoms with van der Waals surface area (Å²) < 4.78 is 27.4. The molecule has 13 heavy (non-hydrogen) atoms. The summed E-state index contributed by atoms with van der Waals surface area (Å²) in [5, 5.41) is 0. The lowest BCUT2D eigenvalue weighted by atomic mass is 10.1. The maximum absolute atomic E-state index is 11.4. The van der Waals surface area contributed by atoms with Crippen LogP contribution in [0.3, 0.4) is 0 Å². The SMILES string of the molecule is CC(C)C(CI)NS(=O)(=O)N(C)C. The molecule has 0 radical (unpaired) electrons. The molecule has 0 aliphatic heterocycles. The average molecular weight is 320 g/mol. The van der Waals surface area contributed by atoms with Crippen molar-refractivity contribution in [1.29, 1.82) is 0 Å². The van der Waals surface area contributed by atoms with Crippen LogP contribution >= 0.6 is 22.6 Å². The summed E-state index contributed by atoms with van der Waals surface area (Å²) in [7, 11) is -0.235. The molecule has 0 aromatic rings. The molecule has 0 rings (SSSR count). The molecule has 80 valence electrons. The fourth-order valence-electron chi connectivity index (χ4n) is 0.642. The Morgan fingerprint density at radius 1 is 1.38 bits per heavy atom. The van der Waals surface area contributed by atoms with Crippen LogP contribution in [-0.4, -0.2) is 37.3 Å². The monoisotopic (exact) mass is 320 g/mol. The number of halogens is 1. The van der Waals surface area contributed by atoms with Crippen molar-refractivity contribution in [2.45, 2.75) is 19.9 Å². The number of nitrogens with zero attached hydrogens (tertiary/aromatic N) is 1. The highest BCUT2D eigenvalue weighted by molar-refractivity contribution is 14.1. The Balaban J connectivity index is 4.41. The van der Waals surface area contributed by atoms with E-state index in [9.17, 15) is 8.42 Å². The first-order valence-electron chi connectivity index (χ1n) is 4.07. The minimum Gasteiger partial charge on any atom is -0.198 e. The molecule has 0 aromatic heterocycles. The summed E-state index contributed by atoms with van der Waals surface area (Å²) in [5.74, 6) is 0.312. The molecule has 0 aromatic carbocycles. The number of nitrogens with one attached hydrogen (secondary N) is 1. The van der Waals surface area contributed by atoms with Gasteiger partial charge in [-0.1, -0.05) is 36.4 Å². The summed E-state index contributed by atoms with van der Waals surface area (Å²) in [5.41, 5.74) is 0. The maximum Gasteiger partial charge on any atom is 0.279 e. The highest BCUT2D eigenvalue weighted by Crippen LogP contribution is 2.07. The Morgan fingerprint density at radius 2 is 1.85 bits per heavy atom. The highest BCUT2D eigenvalue weighted by Gasteiger charge is 2.20. The van der Waals surface area contributed by atoms with Crippen molar-refractivity contribution in [3.8, 4) is 0 Å². The third kappa shape index (κ3) is 4.57. The fraction of sp³-hybridized carbons (Fsp3) is 1.00. The molecule has 1 unspecified atom stereocenters. The Labute approximate surface area is 94.4 Å². The van der Waals surface area contributed by atoms with Gasteiger partial charge >= 0.3 is 0 Å². The van der Waals surface area contributed by atoms with E-state index in [2.05, 4.69) is 27.3 Å². The Morgan fingerprint density at radius 3 is 2.08 bits per heavy atom. The summed E-state index contributed by atoms with van der Waals surface area (Å²) in [4.78, 5) is 0. The number of hydrogen-bond acceptors (Lipinski definition) is 2. The van der Waals surface area contributed by atoms with Crippen LogP contribution in [-0.2, 0) is 10.2 Å². The minimum absolute atomic E-state index is 0.00741. The highest BCUT2D eigenvalue weighted by atomic mass is 127. The van der Waals surface area contributed by atoms with E-state index in [1.807, 2.05) is 13.8 Å². The Hall–Kier alpha value is 0.600. The van der Waals surface area contributed by atoms with E-state index in [1.54, 1.807) is 0 Å². The second-order valence-corrected chi connectivity index (χ2v) is 6.21. The fourth-order valence-corrected chi connectivity index (χ4v) is 3.13. The van der Waals surface area contributed by atoms with E-state index in [4.69, 9.17) is 0 Å². The molecule has 0 aliphatic rings. The first-order chi connectivity index (χ1) is 5.81. The molecule has 4 nitrogen and oxygen atoms in total. The normalized spacial score (nSPS) is 15.3. The first kappa shape index (κ1) is 13.6. The molecule has 0 saturated heterocycles. The second kappa shape index (κ2) is 5.47.